The van der Waals surface area contributed by atoms with Crippen molar-refractivity contribution >= 4 is 28.9 Å². The van der Waals surface area contributed by atoms with Gasteiger partial charge in [-0.05, 0) is 55.0 Å². The number of hydrogen-bond donors (Lipinski definition) is 1. The molecule has 1 aliphatic heterocycles. The molecule has 8 nitrogen and oxygen atoms in total. The maximum absolute atomic E-state index is 13.0. The Labute approximate surface area is 171 Å². The molecule has 0 radical (unpaired) electrons. The lowest BCUT2D eigenvalue weighted by Gasteiger charge is -2.16. The summed E-state index contributed by atoms with van der Waals surface area (Å²) in [5.41, 5.74) is 2.54. The molecule has 150 valence electrons. The summed E-state index contributed by atoms with van der Waals surface area (Å²) in [4.78, 5) is 37.2. The van der Waals surface area contributed by atoms with Crippen LogP contribution in [0.4, 0.5) is 17.1 Å². The predicted molar refractivity (Wildman–Crippen MR) is 111 cm³/mol. The van der Waals surface area contributed by atoms with Crippen molar-refractivity contribution in [3.05, 3.63) is 87.5 Å². The summed E-state index contributed by atoms with van der Waals surface area (Å²) in [6, 6.07) is 15.7. The van der Waals surface area contributed by atoms with Crippen LogP contribution < -0.4 is 15.0 Å². The van der Waals surface area contributed by atoms with Gasteiger partial charge in [-0.25, -0.2) is 0 Å². The number of nitrogens with one attached hydrogen (secondary N) is 1. The molecule has 2 amide bonds. The Bertz CT molecular complexity index is 1190. The molecule has 1 heterocycles. The molecular formula is C22H17N3O5. The number of nitro groups is 1. The second-order valence-electron chi connectivity index (χ2n) is 6.91. The Morgan fingerprint density at radius 2 is 1.73 bits per heavy atom. The smallest absolute Gasteiger partial charge is 0.269 e. The summed E-state index contributed by atoms with van der Waals surface area (Å²) < 4.78 is 5.94. The summed E-state index contributed by atoms with van der Waals surface area (Å²) in [5, 5.41) is 13.5. The number of fused-ring (bicyclic) bond motifs is 2. The van der Waals surface area contributed by atoms with Crippen LogP contribution in [-0.2, 0) is 0 Å². The number of anilines is 2. The van der Waals surface area contributed by atoms with E-state index in [1.807, 2.05) is 25.1 Å². The van der Waals surface area contributed by atoms with Crippen LogP contribution in [-0.4, -0.2) is 23.8 Å². The van der Waals surface area contributed by atoms with Crippen LogP contribution in [0.25, 0.3) is 0 Å². The van der Waals surface area contributed by atoms with Crippen LogP contribution in [0, 0.1) is 17.0 Å². The maximum Gasteiger partial charge on any atom is 0.269 e. The zero-order valence-corrected chi connectivity index (χ0v) is 16.2. The number of carbonyl (C=O) groups excluding carboxylic acids is 2. The number of rotatable bonds is 3. The van der Waals surface area contributed by atoms with Gasteiger partial charge in [0, 0.05) is 30.4 Å². The summed E-state index contributed by atoms with van der Waals surface area (Å²) in [5.74, 6) is 0.251. The van der Waals surface area contributed by atoms with E-state index in [0.717, 1.165) is 5.56 Å². The monoisotopic (exact) mass is 403 g/mol. The molecule has 1 aliphatic rings. The highest BCUT2D eigenvalue weighted by Crippen LogP contribution is 2.39. The minimum atomic E-state index is -0.532. The standard InChI is InChI=1S/C22H17N3O5/c1-13-3-9-20-18(11-13)24(2)22(27)17-12-15(6-10-19(17)30-20)23-21(26)14-4-7-16(8-5-14)25(28)29/h3-12H,1-2H3,(H,23,26). The Morgan fingerprint density at radius 1 is 1.03 bits per heavy atom. The van der Waals surface area contributed by atoms with E-state index in [1.54, 1.807) is 25.2 Å². The third kappa shape index (κ3) is 3.46. The first kappa shape index (κ1) is 19.1. The van der Waals surface area contributed by atoms with Crippen molar-refractivity contribution in [2.75, 3.05) is 17.3 Å². The lowest BCUT2D eigenvalue weighted by Crippen LogP contribution is -2.25. The molecule has 1 N–H and O–H groups in total. The molecule has 30 heavy (non-hydrogen) atoms. The van der Waals surface area contributed by atoms with Gasteiger partial charge in [0.2, 0.25) is 0 Å². The SMILES string of the molecule is Cc1ccc2c(c1)N(C)C(=O)c1cc(NC(=O)c3ccc([N+](=O)[O-])cc3)ccc1O2. The van der Waals surface area contributed by atoms with E-state index in [-0.39, 0.29) is 17.2 Å². The fraction of sp³-hybridized carbons (Fsp3) is 0.0909. The number of nitrogens with zero attached hydrogens (tertiary/aromatic N) is 2. The van der Waals surface area contributed by atoms with Crippen molar-refractivity contribution in [2.45, 2.75) is 6.92 Å². The van der Waals surface area contributed by atoms with Crippen LogP contribution in [0.2, 0.25) is 0 Å². The molecule has 0 saturated carbocycles. The van der Waals surface area contributed by atoms with Gasteiger partial charge in [-0.2, -0.15) is 0 Å². The van der Waals surface area contributed by atoms with Crippen LogP contribution in [0.3, 0.4) is 0 Å². The second kappa shape index (κ2) is 7.32. The number of carbonyl (C=O) groups is 2. The Morgan fingerprint density at radius 3 is 2.43 bits per heavy atom. The molecule has 0 unspecified atom stereocenters. The molecule has 0 spiro atoms. The minimum absolute atomic E-state index is 0.0998. The summed E-state index contributed by atoms with van der Waals surface area (Å²) in [6.07, 6.45) is 0. The molecule has 0 fully saturated rings. The molecule has 3 aromatic rings. The second-order valence-corrected chi connectivity index (χ2v) is 6.91. The Hall–Kier alpha value is -4.20. The molecule has 0 saturated heterocycles. The number of ether oxygens (including phenoxy) is 1. The molecule has 0 aliphatic carbocycles. The van der Waals surface area contributed by atoms with Gasteiger partial charge in [0.15, 0.2) is 5.75 Å². The van der Waals surface area contributed by atoms with E-state index in [9.17, 15) is 19.7 Å². The zero-order chi connectivity index (χ0) is 21.4. The van der Waals surface area contributed by atoms with Crippen molar-refractivity contribution in [1.29, 1.82) is 0 Å². The van der Waals surface area contributed by atoms with Gasteiger partial charge < -0.3 is 15.0 Å². The van der Waals surface area contributed by atoms with E-state index < -0.39 is 10.8 Å². The largest absolute Gasteiger partial charge is 0.454 e. The first-order chi connectivity index (χ1) is 14.3. The molecule has 4 rings (SSSR count). The zero-order valence-electron chi connectivity index (χ0n) is 16.2. The first-order valence-corrected chi connectivity index (χ1v) is 9.10. The number of nitro benzene ring substituents is 1. The average Bonchev–Trinajstić information content (AvgIpc) is 2.83. The Kier molecular flexibility index (Phi) is 4.67. The van der Waals surface area contributed by atoms with E-state index in [0.29, 0.717) is 28.4 Å². The fourth-order valence-electron chi connectivity index (χ4n) is 3.19. The van der Waals surface area contributed by atoms with E-state index in [2.05, 4.69) is 5.32 Å². The maximum atomic E-state index is 13.0. The van der Waals surface area contributed by atoms with Gasteiger partial charge in [0.25, 0.3) is 17.5 Å². The lowest BCUT2D eigenvalue weighted by atomic mass is 10.1. The molecular weight excluding hydrogens is 386 g/mol. The van der Waals surface area contributed by atoms with E-state index >= 15 is 0 Å². The molecule has 0 bridgehead atoms. The summed E-state index contributed by atoms with van der Waals surface area (Å²) in [6.45, 7) is 1.93. The summed E-state index contributed by atoms with van der Waals surface area (Å²) in [7, 11) is 1.67. The van der Waals surface area contributed by atoms with Crippen molar-refractivity contribution in [3.63, 3.8) is 0 Å². The van der Waals surface area contributed by atoms with Gasteiger partial charge in [0.05, 0.1) is 16.2 Å². The third-order valence-corrected chi connectivity index (χ3v) is 4.81. The molecule has 3 aromatic carbocycles. The quantitative estimate of drug-likeness (QED) is 0.511. The van der Waals surface area contributed by atoms with Crippen LogP contribution in [0.15, 0.2) is 60.7 Å². The van der Waals surface area contributed by atoms with Crippen molar-refractivity contribution < 1.29 is 19.2 Å². The van der Waals surface area contributed by atoms with Gasteiger partial charge in [-0.15, -0.1) is 0 Å². The van der Waals surface area contributed by atoms with Gasteiger partial charge in [-0.3, -0.25) is 19.7 Å². The summed E-state index contributed by atoms with van der Waals surface area (Å²) >= 11 is 0. The third-order valence-electron chi connectivity index (χ3n) is 4.81. The molecule has 0 atom stereocenters. The molecule has 0 aromatic heterocycles. The molecule has 8 heteroatoms. The van der Waals surface area contributed by atoms with Gasteiger partial charge >= 0.3 is 0 Å². The normalized spacial score (nSPS) is 12.3. The van der Waals surface area contributed by atoms with Crippen molar-refractivity contribution in [3.8, 4) is 11.5 Å². The van der Waals surface area contributed by atoms with E-state index in [4.69, 9.17) is 4.74 Å². The highest BCUT2D eigenvalue weighted by Gasteiger charge is 2.26. The first-order valence-electron chi connectivity index (χ1n) is 9.10. The van der Waals surface area contributed by atoms with Crippen molar-refractivity contribution in [1.82, 2.24) is 0 Å². The number of benzene rings is 3. The number of amides is 2. The number of hydrogen-bond acceptors (Lipinski definition) is 5. The predicted octanol–water partition coefficient (Wildman–Crippen LogP) is 4.54. The average molecular weight is 403 g/mol. The highest BCUT2D eigenvalue weighted by molar-refractivity contribution is 6.11. The minimum Gasteiger partial charge on any atom is -0.454 e. The van der Waals surface area contributed by atoms with Crippen LogP contribution in [0.5, 0.6) is 11.5 Å². The van der Waals surface area contributed by atoms with E-state index in [1.165, 1.54) is 29.2 Å². The van der Waals surface area contributed by atoms with Gasteiger partial charge in [-0.1, -0.05) is 6.07 Å². The highest BCUT2D eigenvalue weighted by atomic mass is 16.6. The fourth-order valence-corrected chi connectivity index (χ4v) is 3.19. The van der Waals surface area contributed by atoms with Crippen LogP contribution >= 0.6 is 0 Å². The Balaban J connectivity index is 1.61. The number of non-ortho nitro benzene ring substituents is 1. The van der Waals surface area contributed by atoms with Crippen molar-refractivity contribution in [2.24, 2.45) is 0 Å². The number of aryl methyl sites for hydroxylation is 1. The topological polar surface area (TPSA) is 102 Å². The van der Waals surface area contributed by atoms with Crippen LogP contribution in [0.1, 0.15) is 26.3 Å². The van der Waals surface area contributed by atoms with Gasteiger partial charge in [0.1, 0.15) is 5.75 Å². The lowest BCUT2D eigenvalue weighted by molar-refractivity contribution is -0.384.